The molecule has 0 fully saturated rings. The molecule has 0 spiro atoms. The molecule has 0 bridgehead atoms. The summed E-state index contributed by atoms with van der Waals surface area (Å²) in [7, 11) is 0. The zero-order chi connectivity index (χ0) is 22.7. The molecule has 1 aromatic rings. The van der Waals surface area contributed by atoms with E-state index in [0.717, 1.165) is 18.7 Å². The van der Waals surface area contributed by atoms with Crippen LogP contribution in [0.3, 0.4) is 0 Å². The Balaban J connectivity index is 2.09. The van der Waals surface area contributed by atoms with Crippen molar-refractivity contribution in [1.29, 1.82) is 0 Å². The molecule has 2 rings (SSSR count). The van der Waals surface area contributed by atoms with Gasteiger partial charge in [0.2, 0.25) is 0 Å². The number of hydrogen-bond donors (Lipinski definition) is 0. The van der Waals surface area contributed by atoms with Gasteiger partial charge in [-0.25, -0.2) is 9.97 Å². The molecule has 1 aliphatic rings. The van der Waals surface area contributed by atoms with E-state index in [-0.39, 0.29) is 17.3 Å². The molecular weight excluding hydrogens is 406 g/mol. The number of aromatic nitrogens is 2. The Morgan fingerprint density at radius 3 is 2.16 bits per heavy atom. The first kappa shape index (κ1) is 26.4. The number of hydrogen-bond acceptors (Lipinski definition) is 5. The Morgan fingerprint density at radius 1 is 0.968 bits per heavy atom. The van der Waals surface area contributed by atoms with Gasteiger partial charge in [-0.3, -0.25) is 9.11 Å². The van der Waals surface area contributed by atoms with Crippen molar-refractivity contribution in [2.24, 2.45) is 0 Å². The largest absolute Gasteiger partial charge is 0.772 e. The number of fused-ring (bicyclic) bond motifs is 1. The third-order valence-corrected chi connectivity index (χ3v) is 7.26. The average molecular weight is 451 g/mol. The molecule has 31 heavy (non-hydrogen) atoms. The Bertz CT molecular complexity index is 681. The molecule has 1 aromatic heterocycles. The van der Waals surface area contributed by atoms with Gasteiger partial charge in [-0.15, -0.1) is 0 Å². The molecule has 0 radical (unpaired) electrons. The van der Waals surface area contributed by atoms with Crippen molar-refractivity contribution in [1.82, 2.24) is 14.9 Å². The molecule has 0 aromatic carbocycles. The van der Waals surface area contributed by atoms with Crippen LogP contribution in [0.2, 0.25) is 0 Å². The van der Waals surface area contributed by atoms with Crippen molar-refractivity contribution in [3.8, 4) is 0 Å². The topological polar surface area (TPSA) is 69.1 Å². The van der Waals surface area contributed by atoms with Gasteiger partial charge >= 0.3 is 0 Å². The fourth-order valence-corrected chi connectivity index (χ4v) is 5.28. The SMILES string of the molecule is CCCCCCCCC1c2nc(CS(=O)[O-])ncc2C(C)(C)N1CCCCCCCC. The molecule has 0 amide bonds. The molecule has 2 unspecified atom stereocenters. The van der Waals surface area contributed by atoms with Gasteiger partial charge in [0.05, 0.1) is 17.5 Å². The molecule has 178 valence electrons. The van der Waals surface area contributed by atoms with E-state index in [1.807, 2.05) is 6.20 Å². The maximum atomic E-state index is 11.2. The summed E-state index contributed by atoms with van der Waals surface area (Å²) in [6.07, 6.45) is 18.4. The summed E-state index contributed by atoms with van der Waals surface area (Å²) in [4.78, 5) is 11.8. The molecule has 0 saturated heterocycles. The Kier molecular flexibility index (Phi) is 11.6. The van der Waals surface area contributed by atoms with E-state index in [4.69, 9.17) is 4.98 Å². The predicted octanol–water partition coefficient (Wildman–Crippen LogP) is 6.56. The summed E-state index contributed by atoms with van der Waals surface area (Å²) in [5, 5.41) is 0. The van der Waals surface area contributed by atoms with E-state index < -0.39 is 11.1 Å². The average Bonchev–Trinajstić information content (AvgIpc) is 2.93. The quantitative estimate of drug-likeness (QED) is 0.211. The van der Waals surface area contributed by atoms with Gasteiger partial charge in [0.25, 0.3) is 0 Å². The highest BCUT2D eigenvalue weighted by atomic mass is 32.2. The molecular formula is C25H44N3O2S-. The van der Waals surface area contributed by atoms with Crippen LogP contribution in [-0.2, 0) is 22.4 Å². The lowest BCUT2D eigenvalue weighted by atomic mass is 9.97. The smallest absolute Gasteiger partial charge is 0.139 e. The van der Waals surface area contributed by atoms with E-state index in [1.54, 1.807) is 0 Å². The van der Waals surface area contributed by atoms with Crippen LogP contribution >= 0.6 is 0 Å². The second kappa shape index (κ2) is 13.6. The van der Waals surface area contributed by atoms with Crippen LogP contribution in [0.25, 0.3) is 0 Å². The maximum absolute atomic E-state index is 11.2. The summed E-state index contributed by atoms with van der Waals surface area (Å²) in [6, 6.07) is 0.272. The van der Waals surface area contributed by atoms with Crippen LogP contribution < -0.4 is 0 Å². The second-order valence-corrected chi connectivity index (χ2v) is 10.5. The molecule has 2 atom stereocenters. The van der Waals surface area contributed by atoms with Gasteiger partial charge in [0, 0.05) is 17.3 Å². The van der Waals surface area contributed by atoms with Crippen molar-refractivity contribution in [2.75, 3.05) is 6.54 Å². The number of nitrogens with zero attached hydrogens (tertiary/aromatic N) is 3. The minimum atomic E-state index is -2.16. The summed E-state index contributed by atoms with van der Waals surface area (Å²) >= 11 is -2.16. The number of rotatable bonds is 16. The first-order valence-electron chi connectivity index (χ1n) is 12.6. The van der Waals surface area contributed by atoms with Crippen LogP contribution in [-0.4, -0.2) is 30.2 Å². The minimum Gasteiger partial charge on any atom is -0.772 e. The third kappa shape index (κ3) is 7.90. The predicted molar refractivity (Wildman–Crippen MR) is 128 cm³/mol. The van der Waals surface area contributed by atoms with Crippen LogP contribution in [0.4, 0.5) is 0 Å². The van der Waals surface area contributed by atoms with E-state index in [2.05, 4.69) is 37.6 Å². The minimum absolute atomic E-state index is 0.102. The van der Waals surface area contributed by atoms with Gasteiger partial charge in [-0.05, 0) is 44.3 Å². The van der Waals surface area contributed by atoms with Gasteiger partial charge in [-0.1, -0.05) is 84.5 Å². The maximum Gasteiger partial charge on any atom is 0.139 e. The lowest BCUT2D eigenvalue weighted by molar-refractivity contribution is 0.0840. The van der Waals surface area contributed by atoms with E-state index in [0.29, 0.717) is 5.82 Å². The Hall–Kier alpha value is -0.850. The van der Waals surface area contributed by atoms with Gasteiger partial charge < -0.3 is 4.55 Å². The van der Waals surface area contributed by atoms with Crippen molar-refractivity contribution in [3.63, 3.8) is 0 Å². The molecule has 6 heteroatoms. The Morgan fingerprint density at radius 2 is 1.55 bits per heavy atom. The summed E-state index contributed by atoms with van der Waals surface area (Å²) in [6.45, 7) is 10.1. The lowest BCUT2D eigenvalue weighted by Gasteiger charge is -2.36. The summed E-state index contributed by atoms with van der Waals surface area (Å²) in [5.74, 6) is 0.326. The fraction of sp³-hybridized carbons (Fsp3) is 0.840. The molecule has 0 saturated carbocycles. The first-order chi connectivity index (χ1) is 14.9. The fourth-order valence-electron chi connectivity index (χ4n) is 4.93. The normalized spacial score (nSPS) is 18.9. The summed E-state index contributed by atoms with van der Waals surface area (Å²) < 4.78 is 22.4. The van der Waals surface area contributed by atoms with Crippen molar-refractivity contribution in [3.05, 3.63) is 23.3 Å². The zero-order valence-corrected chi connectivity index (χ0v) is 21.1. The second-order valence-electron chi connectivity index (χ2n) is 9.63. The van der Waals surface area contributed by atoms with E-state index >= 15 is 0 Å². The number of unbranched alkanes of at least 4 members (excludes halogenated alkanes) is 10. The molecule has 5 nitrogen and oxygen atoms in total. The van der Waals surface area contributed by atoms with Crippen molar-refractivity contribution >= 4 is 11.1 Å². The van der Waals surface area contributed by atoms with Crippen molar-refractivity contribution in [2.45, 2.75) is 128 Å². The molecule has 0 aliphatic carbocycles. The highest BCUT2D eigenvalue weighted by molar-refractivity contribution is 7.78. The monoisotopic (exact) mass is 450 g/mol. The highest BCUT2D eigenvalue weighted by Crippen LogP contribution is 2.47. The van der Waals surface area contributed by atoms with E-state index in [1.165, 1.54) is 82.6 Å². The summed E-state index contributed by atoms with van der Waals surface area (Å²) in [5.41, 5.74) is 2.13. The van der Waals surface area contributed by atoms with Crippen LogP contribution in [0.5, 0.6) is 0 Å². The first-order valence-corrected chi connectivity index (χ1v) is 13.8. The van der Waals surface area contributed by atoms with Crippen LogP contribution in [0.1, 0.15) is 134 Å². The van der Waals surface area contributed by atoms with Gasteiger partial charge in [0.1, 0.15) is 5.82 Å². The molecule has 1 aliphatic heterocycles. The van der Waals surface area contributed by atoms with Gasteiger partial charge in [-0.2, -0.15) is 0 Å². The Labute approximate surface area is 193 Å². The lowest BCUT2D eigenvalue weighted by Crippen LogP contribution is -2.38. The third-order valence-electron chi connectivity index (χ3n) is 6.77. The highest BCUT2D eigenvalue weighted by Gasteiger charge is 2.44. The van der Waals surface area contributed by atoms with E-state index in [9.17, 15) is 8.76 Å². The molecule has 2 heterocycles. The van der Waals surface area contributed by atoms with Gasteiger partial charge in [0.15, 0.2) is 0 Å². The van der Waals surface area contributed by atoms with Crippen LogP contribution in [0, 0.1) is 0 Å². The molecule has 0 N–H and O–H groups in total. The van der Waals surface area contributed by atoms with Crippen molar-refractivity contribution < 1.29 is 8.76 Å². The standard InChI is InChI=1S/C25H45N3O2S/c1-5-7-9-11-13-15-17-22-24-21(19-26-23(27-24)20-31(29)30)25(3,4)28(22)18-16-14-12-10-8-6-2/h19,22H,5-18,20H2,1-4H3,(H,29,30)/p-1. The van der Waals surface area contributed by atoms with Crippen LogP contribution in [0.15, 0.2) is 6.20 Å². The zero-order valence-electron chi connectivity index (χ0n) is 20.3.